The van der Waals surface area contributed by atoms with E-state index < -0.39 is 34.2 Å². The first-order chi connectivity index (χ1) is 8.72. The molecule has 0 aliphatic rings. The van der Waals surface area contributed by atoms with Gasteiger partial charge in [-0.15, -0.1) is 0 Å². The molecule has 0 saturated heterocycles. The molecular formula is C11H14F3NO3S. The van der Waals surface area contributed by atoms with E-state index in [9.17, 15) is 21.6 Å². The fourth-order valence-electron chi connectivity index (χ4n) is 1.53. The highest BCUT2D eigenvalue weighted by atomic mass is 32.2. The number of rotatable bonds is 5. The van der Waals surface area contributed by atoms with Crippen molar-refractivity contribution in [3.63, 3.8) is 0 Å². The van der Waals surface area contributed by atoms with Crippen LogP contribution in [0.25, 0.3) is 0 Å². The molecular weight excluding hydrogens is 283 g/mol. The Morgan fingerprint density at radius 2 is 1.89 bits per heavy atom. The molecule has 0 amide bonds. The normalized spacial score (nSPS) is 14.2. The van der Waals surface area contributed by atoms with Crippen LogP contribution in [-0.4, -0.2) is 34.0 Å². The molecule has 8 heteroatoms. The van der Waals surface area contributed by atoms with Crippen molar-refractivity contribution in [3.05, 3.63) is 24.3 Å². The third-order valence-electron chi connectivity index (χ3n) is 2.57. The second-order valence-electron chi connectivity index (χ2n) is 3.91. The average Bonchev–Trinajstić information content (AvgIpc) is 2.34. The van der Waals surface area contributed by atoms with E-state index in [4.69, 9.17) is 10.5 Å². The minimum atomic E-state index is -4.65. The Balaban J connectivity index is 3.11. The van der Waals surface area contributed by atoms with Gasteiger partial charge in [0, 0.05) is 6.54 Å². The summed E-state index contributed by atoms with van der Waals surface area (Å²) in [6.07, 6.45) is -4.65. The Morgan fingerprint density at radius 3 is 2.37 bits per heavy atom. The summed E-state index contributed by atoms with van der Waals surface area (Å²) in [5.41, 5.74) is 5.00. The molecule has 108 valence electrons. The summed E-state index contributed by atoms with van der Waals surface area (Å²) < 4.78 is 66.5. The number of benzene rings is 1. The molecule has 0 heterocycles. The summed E-state index contributed by atoms with van der Waals surface area (Å²) in [5, 5.41) is 0. The predicted octanol–water partition coefficient (Wildman–Crippen LogP) is 1.61. The number of nitrogens with two attached hydrogens (primary N) is 1. The van der Waals surface area contributed by atoms with Crippen LogP contribution >= 0.6 is 0 Å². The maximum Gasteiger partial charge on any atom is 0.394 e. The van der Waals surface area contributed by atoms with E-state index >= 15 is 0 Å². The SMILES string of the molecule is COc1ccccc1S(=O)(=O)CC(CN)C(F)(F)F. The van der Waals surface area contributed by atoms with Gasteiger partial charge in [-0.05, 0) is 12.1 Å². The second-order valence-corrected chi connectivity index (χ2v) is 5.91. The van der Waals surface area contributed by atoms with Crippen molar-refractivity contribution in [1.29, 1.82) is 0 Å². The number of para-hydroxylation sites is 1. The zero-order chi connectivity index (χ0) is 14.7. The van der Waals surface area contributed by atoms with Gasteiger partial charge >= 0.3 is 6.18 Å². The molecule has 0 aliphatic heterocycles. The van der Waals surface area contributed by atoms with Crippen molar-refractivity contribution in [3.8, 4) is 5.75 Å². The minimum absolute atomic E-state index is 0.0143. The molecule has 4 nitrogen and oxygen atoms in total. The lowest BCUT2D eigenvalue weighted by Crippen LogP contribution is -2.36. The molecule has 1 unspecified atom stereocenters. The number of alkyl halides is 3. The number of hydrogen-bond acceptors (Lipinski definition) is 4. The molecule has 0 radical (unpaired) electrons. The molecule has 1 aromatic rings. The van der Waals surface area contributed by atoms with E-state index in [0.717, 1.165) is 0 Å². The van der Waals surface area contributed by atoms with E-state index in [2.05, 4.69) is 0 Å². The molecule has 0 spiro atoms. The molecule has 0 fully saturated rings. The highest BCUT2D eigenvalue weighted by Crippen LogP contribution is 2.31. The lowest BCUT2D eigenvalue weighted by atomic mass is 10.2. The Hall–Kier alpha value is -1.28. The highest BCUT2D eigenvalue weighted by molar-refractivity contribution is 7.91. The van der Waals surface area contributed by atoms with Gasteiger partial charge < -0.3 is 10.5 Å². The van der Waals surface area contributed by atoms with Crippen LogP contribution in [0.4, 0.5) is 13.2 Å². The zero-order valence-corrected chi connectivity index (χ0v) is 11.0. The summed E-state index contributed by atoms with van der Waals surface area (Å²) in [4.78, 5) is -0.264. The van der Waals surface area contributed by atoms with E-state index in [-0.39, 0.29) is 10.6 Å². The Kier molecular flexibility index (Phi) is 4.81. The van der Waals surface area contributed by atoms with Crippen molar-refractivity contribution in [1.82, 2.24) is 0 Å². The van der Waals surface area contributed by atoms with Crippen molar-refractivity contribution < 1.29 is 26.3 Å². The van der Waals surface area contributed by atoms with Gasteiger partial charge in [0.1, 0.15) is 10.6 Å². The number of halogens is 3. The topological polar surface area (TPSA) is 69.4 Å². The molecule has 1 atom stereocenters. The average molecular weight is 297 g/mol. The van der Waals surface area contributed by atoms with Gasteiger partial charge in [-0.3, -0.25) is 0 Å². The smallest absolute Gasteiger partial charge is 0.394 e. The molecule has 0 bridgehead atoms. The van der Waals surface area contributed by atoms with Crippen molar-refractivity contribution in [2.24, 2.45) is 11.7 Å². The molecule has 0 saturated carbocycles. The third kappa shape index (κ3) is 3.84. The van der Waals surface area contributed by atoms with Gasteiger partial charge in [-0.25, -0.2) is 8.42 Å². The van der Waals surface area contributed by atoms with E-state index in [0.29, 0.717) is 0 Å². The standard InChI is InChI=1S/C11H14F3NO3S/c1-18-9-4-2-3-5-10(9)19(16,17)7-8(6-15)11(12,13)14/h2-5,8H,6-7,15H2,1H3. The maximum absolute atomic E-state index is 12.6. The van der Waals surface area contributed by atoms with Gasteiger partial charge in [-0.2, -0.15) is 13.2 Å². The number of methoxy groups -OCH3 is 1. The number of ether oxygens (including phenoxy) is 1. The van der Waals surface area contributed by atoms with Crippen LogP contribution in [0.2, 0.25) is 0 Å². The van der Waals surface area contributed by atoms with Crippen LogP contribution < -0.4 is 10.5 Å². The largest absolute Gasteiger partial charge is 0.495 e. The van der Waals surface area contributed by atoms with Crippen LogP contribution in [-0.2, 0) is 9.84 Å². The Morgan fingerprint density at radius 1 is 1.32 bits per heavy atom. The molecule has 19 heavy (non-hydrogen) atoms. The summed E-state index contributed by atoms with van der Waals surface area (Å²) in [6, 6.07) is 5.53. The van der Waals surface area contributed by atoms with Crippen molar-refractivity contribution in [2.45, 2.75) is 11.1 Å². The van der Waals surface area contributed by atoms with Crippen LogP contribution in [0.1, 0.15) is 0 Å². The van der Waals surface area contributed by atoms with Crippen LogP contribution in [0.5, 0.6) is 5.75 Å². The lowest BCUT2D eigenvalue weighted by molar-refractivity contribution is -0.165. The van der Waals surface area contributed by atoms with E-state index in [1.54, 1.807) is 0 Å². The number of hydrogen-bond donors (Lipinski definition) is 1. The minimum Gasteiger partial charge on any atom is -0.495 e. The van der Waals surface area contributed by atoms with E-state index in [1.807, 2.05) is 0 Å². The van der Waals surface area contributed by atoms with Gasteiger partial charge in [0.15, 0.2) is 9.84 Å². The molecule has 1 aromatic carbocycles. The summed E-state index contributed by atoms with van der Waals surface area (Å²) >= 11 is 0. The fraction of sp³-hybridized carbons (Fsp3) is 0.455. The van der Waals surface area contributed by atoms with Gasteiger partial charge in [0.05, 0.1) is 18.8 Å². The molecule has 2 N–H and O–H groups in total. The quantitative estimate of drug-likeness (QED) is 0.896. The van der Waals surface area contributed by atoms with Crippen LogP contribution in [0.15, 0.2) is 29.2 Å². The monoisotopic (exact) mass is 297 g/mol. The lowest BCUT2D eigenvalue weighted by Gasteiger charge is -2.19. The summed E-state index contributed by atoms with van der Waals surface area (Å²) in [5.74, 6) is -3.17. The van der Waals surface area contributed by atoms with Crippen LogP contribution in [0, 0.1) is 5.92 Å². The van der Waals surface area contributed by atoms with Gasteiger partial charge in [0.2, 0.25) is 0 Å². The summed E-state index contributed by atoms with van der Waals surface area (Å²) in [7, 11) is -2.87. The molecule has 0 aliphatic carbocycles. The van der Waals surface area contributed by atoms with Gasteiger partial charge in [-0.1, -0.05) is 12.1 Å². The van der Waals surface area contributed by atoms with Crippen molar-refractivity contribution >= 4 is 9.84 Å². The first-order valence-corrected chi connectivity index (χ1v) is 7.00. The molecule has 1 rings (SSSR count). The second kappa shape index (κ2) is 5.79. The predicted molar refractivity (Wildman–Crippen MR) is 63.6 cm³/mol. The first-order valence-electron chi connectivity index (χ1n) is 5.35. The Bertz CT molecular complexity index is 528. The van der Waals surface area contributed by atoms with Gasteiger partial charge in [0.25, 0.3) is 0 Å². The summed E-state index contributed by atoms with van der Waals surface area (Å²) in [6.45, 7) is -0.780. The van der Waals surface area contributed by atoms with Crippen LogP contribution in [0.3, 0.4) is 0 Å². The fourth-order valence-corrected chi connectivity index (χ4v) is 3.30. The third-order valence-corrected chi connectivity index (χ3v) is 4.42. The Labute approximate surface area is 109 Å². The zero-order valence-electron chi connectivity index (χ0n) is 10.1. The highest BCUT2D eigenvalue weighted by Gasteiger charge is 2.42. The maximum atomic E-state index is 12.6. The molecule has 0 aromatic heterocycles. The first kappa shape index (κ1) is 15.8. The van der Waals surface area contributed by atoms with Crippen molar-refractivity contribution in [2.75, 3.05) is 19.4 Å². The van der Waals surface area contributed by atoms with E-state index in [1.165, 1.54) is 31.4 Å². The number of sulfone groups is 1.